The first-order valence-electron chi connectivity index (χ1n) is 10.7. The van der Waals surface area contributed by atoms with Crippen molar-refractivity contribution in [2.75, 3.05) is 26.2 Å². The monoisotopic (exact) mass is 420 g/mol. The molecule has 1 unspecified atom stereocenters. The Labute approximate surface area is 182 Å². The third-order valence-corrected chi connectivity index (χ3v) is 5.90. The number of carbonyl (C=O) groups is 1. The summed E-state index contributed by atoms with van der Waals surface area (Å²) in [7, 11) is 0. The zero-order chi connectivity index (χ0) is 22.0. The molecule has 31 heavy (non-hydrogen) atoms. The first-order valence-corrected chi connectivity index (χ1v) is 10.7. The van der Waals surface area contributed by atoms with Crippen LogP contribution >= 0.6 is 0 Å². The van der Waals surface area contributed by atoms with Gasteiger partial charge in [0.25, 0.3) is 5.91 Å². The van der Waals surface area contributed by atoms with Crippen LogP contribution in [0.25, 0.3) is 11.4 Å². The maximum absolute atomic E-state index is 12.9. The molecular weight excluding hydrogens is 392 g/mol. The summed E-state index contributed by atoms with van der Waals surface area (Å²) in [5.74, 6) is 1.36. The highest BCUT2D eigenvalue weighted by Crippen LogP contribution is 2.27. The van der Waals surface area contributed by atoms with E-state index >= 15 is 0 Å². The molecule has 0 bridgehead atoms. The van der Waals surface area contributed by atoms with Gasteiger partial charge in [-0.3, -0.25) is 9.69 Å². The lowest BCUT2D eigenvalue weighted by Gasteiger charge is -2.36. The molecule has 1 aromatic heterocycles. The molecule has 1 aliphatic rings. The number of aromatic hydroxyl groups is 1. The van der Waals surface area contributed by atoms with Crippen LogP contribution in [-0.4, -0.2) is 57.1 Å². The molecule has 1 fully saturated rings. The summed E-state index contributed by atoms with van der Waals surface area (Å²) >= 11 is 0. The molecule has 0 aliphatic carbocycles. The molecule has 1 N–H and O–H groups in total. The molecule has 3 aromatic rings. The van der Waals surface area contributed by atoms with Crippen LogP contribution in [0, 0.1) is 0 Å². The van der Waals surface area contributed by atoms with E-state index in [2.05, 4.69) is 28.9 Å². The number of phenolic OH excluding ortho intramolecular Hbond substituents is 1. The van der Waals surface area contributed by atoms with Gasteiger partial charge in [-0.25, -0.2) is 0 Å². The fourth-order valence-corrected chi connectivity index (χ4v) is 3.84. The molecule has 1 saturated heterocycles. The molecule has 1 aliphatic heterocycles. The van der Waals surface area contributed by atoms with E-state index in [4.69, 9.17) is 4.52 Å². The number of rotatable bonds is 5. The molecule has 7 nitrogen and oxygen atoms in total. The zero-order valence-corrected chi connectivity index (χ0v) is 18.2. The molecule has 0 radical (unpaired) electrons. The van der Waals surface area contributed by atoms with Crippen LogP contribution in [0.15, 0.2) is 53.1 Å². The number of carbonyl (C=O) groups excluding carboxylic acids is 1. The third-order valence-electron chi connectivity index (χ3n) is 5.90. The van der Waals surface area contributed by atoms with Crippen molar-refractivity contribution in [3.63, 3.8) is 0 Å². The van der Waals surface area contributed by atoms with Crippen LogP contribution < -0.4 is 0 Å². The molecule has 162 valence electrons. The third kappa shape index (κ3) is 4.46. The number of phenols is 1. The second-order valence-electron chi connectivity index (χ2n) is 8.26. The fraction of sp³-hybridized carbons (Fsp3) is 0.375. The van der Waals surface area contributed by atoms with Gasteiger partial charge in [0, 0.05) is 31.7 Å². The van der Waals surface area contributed by atoms with Crippen LogP contribution in [0.4, 0.5) is 0 Å². The van der Waals surface area contributed by atoms with E-state index in [9.17, 15) is 9.90 Å². The summed E-state index contributed by atoms with van der Waals surface area (Å²) in [6.45, 7) is 8.70. The molecule has 1 amide bonds. The van der Waals surface area contributed by atoms with Crippen LogP contribution in [0.1, 0.15) is 54.5 Å². The number of benzene rings is 2. The summed E-state index contributed by atoms with van der Waals surface area (Å²) < 4.78 is 5.51. The van der Waals surface area contributed by atoms with E-state index in [-0.39, 0.29) is 17.7 Å². The van der Waals surface area contributed by atoms with Gasteiger partial charge in [-0.1, -0.05) is 55.4 Å². The summed E-state index contributed by atoms with van der Waals surface area (Å²) in [6.07, 6.45) is 0. The van der Waals surface area contributed by atoms with Gasteiger partial charge >= 0.3 is 0 Å². The van der Waals surface area contributed by atoms with Crippen molar-refractivity contribution in [3.05, 3.63) is 65.5 Å². The lowest BCUT2D eigenvalue weighted by atomic mass is 10.0. The Morgan fingerprint density at radius 3 is 2.39 bits per heavy atom. The number of hydrogen-bond donors (Lipinski definition) is 1. The van der Waals surface area contributed by atoms with E-state index < -0.39 is 0 Å². The minimum atomic E-state index is -0.135. The Morgan fingerprint density at radius 1 is 1.03 bits per heavy atom. The second-order valence-corrected chi connectivity index (χ2v) is 8.26. The lowest BCUT2D eigenvalue weighted by Crippen LogP contribution is -2.49. The molecule has 2 heterocycles. The second kappa shape index (κ2) is 8.89. The molecule has 0 saturated carbocycles. The van der Waals surface area contributed by atoms with E-state index in [1.165, 1.54) is 0 Å². The average Bonchev–Trinajstić information content (AvgIpc) is 3.29. The highest BCUT2D eigenvalue weighted by atomic mass is 16.5. The number of amides is 1. The van der Waals surface area contributed by atoms with Crippen molar-refractivity contribution in [1.29, 1.82) is 0 Å². The molecular formula is C24H28N4O3. The molecule has 2 aromatic carbocycles. The van der Waals surface area contributed by atoms with E-state index in [1.54, 1.807) is 17.0 Å². The number of hydrogen-bond acceptors (Lipinski definition) is 6. The summed E-state index contributed by atoms with van der Waals surface area (Å²) in [4.78, 5) is 21.5. The Bertz CT molecular complexity index is 1040. The van der Waals surface area contributed by atoms with E-state index in [0.717, 1.165) is 11.1 Å². The highest BCUT2D eigenvalue weighted by Gasteiger charge is 2.29. The summed E-state index contributed by atoms with van der Waals surface area (Å²) in [5.41, 5.74) is 2.29. The van der Waals surface area contributed by atoms with E-state index in [0.29, 0.717) is 49.4 Å². The van der Waals surface area contributed by atoms with Gasteiger partial charge in [0.15, 0.2) is 0 Å². The van der Waals surface area contributed by atoms with Gasteiger partial charge in [-0.05, 0) is 30.5 Å². The van der Waals surface area contributed by atoms with Crippen LogP contribution in [-0.2, 0) is 0 Å². The van der Waals surface area contributed by atoms with E-state index in [1.807, 2.05) is 43.3 Å². The molecule has 7 heteroatoms. The standard InChI is InChI=1S/C24H28N4O3/c1-16(2)19-9-10-20(21(29)15-19)24(30)28-13-11-27(12-14-28)17(3)23-25-22(26-31-23)18-7-5-4-6-8-18/h4-10,15-17,29H,11-14H2,1-3H3. The maximum atomic E-state index is 12.9. The fourth-order valence-electron chi connectivity index (χ4n) is 3.84. The van der Waals surface area contributed by atoms with Crippen molar-refractivity contribution in [3.8, 4) is 17.1 Å². The Hall–Kier alpha value is -3.19. The zero-order valence-electron chi connectivity index (χ0n) is 18.2. The van der Waals surface area contributed by atoms with Crippen molar-refractivity contribution in [2.45, 2.75) is 32.7 Å². The predicted molar refractivity (Wildman–Crippen MR) is 118 cm³/mol. The first kappa shape index (κ1) is 21.1. The first-order chi connectivity index (χ1) is 14.9. The van der Waals surface area contributed by atoms with Crippen LogP contribution in [0.5, 0.6) is 5.75 Å². The minimum Gasteiger partial charge on any atom is -0.507 e. The van der Waals surface area contributed by atoms with Gasteiger partial charge in [0.1, 0.15) is 5.75 Å². The lowest BCUT2D eigenvalue weighted by molar-refractivity contribution is 0.0549. The van der Waals surface area contributed by atoms with Crippen molar-refractivity contribution in [2.24, 2.45) is 0 Å². The number of nitrogens with zero attached hydrogens (tertiary/aromatic N) is 4. The topological polar surface area (TPSA) is 82.7 Å². The summed E-state index contributed by atoms with van der Waals surface area (Å²) in [6, 6.07) is 15.0. The van der Waals surface area contributed by atoms with Crippen molar-refractivity contribution < 1.29 is 14.4 Å². The quantitative estimate of drug-likeness (QED) is 0.670. The Balaban J connectivity index is 1.38. The predicted octanol–water partition coefficient (Wildman–Crippen LogP) is 4.08. The van der Waals surface area contributed by atoms with Gasteiger partial charge in [-0.2, -0.15) is 4.98 Å². The van der Waals surface area contributed by atoms with Crippen molar-refractivity contribution in [1.82, 2.24) is 19.9 Å². The molecule has 0 spiro atoms. The van der Waals surface area contributed by atoms with Crippen LogP contribution in [0.3, 0.4) is 0 Å². The number of piperazine rings is 1. The average molecular weight is 421 g/mol. The van der Waals surface area contributed by atoms with Crippen LogP contribution in [0.2, 0.25) is 0 Å². The molecule has 1 atom stereocenters. The normalized spacial score (nSPS) is 15.9. The smallest absolute Gasteiger partial charge is 0.257 e. The SMILES string of the molecule is CC(C)c1ccc(C(=O)N2CCN(C(C)c3nc(-c4ccccc4)no3)CC2)c(O)c1. The maximum Gasteiger partial charge on any atom is 0.257 e. The number of aromatic nitrogens is 2. The Kier molecular flexibility index (Phi) is 6.04. The minimum absolute atomic E-state index is 0.0408. The Morgan fingerprint density at radius 2 is 1.74 bits per heavy atom. The largest absolute Gasteiger partial charge is 0.507 e. The molecule has 4 rings (SSSR count). The van der Waals surface area contributed by atoms with Gasteiger partial charge < -0.3 is 14.5 Å². The van der Waals surface area contributed by atoms with Gasteiger partial charge in [0.2, 0.25) is 11.7 Å². The highest BCUT2D eigenvalue weighted by molar-refractivity contribution is 5.97. The van der Waals surface area contributed by atoms with Gasteiger partial charge in [0.05, 0.1) is 11.6 Å². The van der Waals surface area contributed by atoms with Gasteiger partial charge in [-0.15, -0.1) is 0 Å². The summed E-state index contributed by atoms with van der Waals surface area (Å²) in [5, 5.41) is 14.5. The van der Waals surface area contributed by atoms with Crippen molar-refractivity contribution >= 4 is 5.91 Å².